The van der Waals surface area contributed by atoms with Crippen molar-refractivity contribution in [1.29, 1.82) is 0 Å². The molecule has 0 aliphatic rings. The van der Waals surface area contributed by atoms with Gasteiger partial charge in [0.1, 0.15) is 11.6 Å². The van der Waals surface area contributed by atoms with Crippen molar-refractivity contribution < 1.29 is 14.3 Å². The molecule has 0 aliphatic carbocycles. The molecule has 0 unspecified atom stereocenters. The molecule has 8 heteroatoms. The standard InChI is InChI=1S/C19H22Cl2N2O4/c1-3-26-16-6-5-13(9-17(16)27-4-2)7-8-22-18(24)12-23-11-14(20)10-15(21)19(23)25/h5-6,9-11H,3-4,7-8,12H2,1-2H3,(H,22,24). The number of carbonyl (C=O) groups is 1. The molecule has 1 aromatic heterocycles. The van der Waals surface area contributed by atoms with E-state index >= 15 is 0 Å². The molecule has 0 aliphatic heterocycles. The maximum atomic E-state index is 12.1. The molecule has 1 N–H and O–H groups in total. The summed E-state index contributed by atoms with van der Waals surface area (Å²) in [5, 5.41) is 3.06. The Bertz CT molecular complexity index is 852. The minimum absolute atomic E-state index is 0.0202. The summed E-state index contributed by atoms with van der Waals surface area (Å²) in [4.78, 5) is 24.0. The van der Waals surface area contributed by atoms with E-state index in [-0.39, 0.29) is 17.5 Å². The lowest BCUT2D eigenvalue weighted by molar-refractivity contribution is -0.121. The van der Waals surface area contributed by atoms with E-state index in [0.29, 0.717) is 42.7 Å². The average molecular weight is 413 g/mol. The topological polar surface area (TPSA) is 69.6 Å². The first-order valence-electron chi connectivity index (χ1n) is 8.65. The van der Waals surface area contributed by atoms with E-state index in [1.807, 2.05) is 32.0 Å². The van der Waals surface area contributed by atoms with Crippen LogP contribution in [0.5, 0.6) is 11.5 Å². The number of benzene rings is 1. The number of ether oxygens (including phenoxy) is 2. The molecule has 0 spiro atoms. The van der Waals surface area contributed by atoms with E-state index < -0.39 is 5.56 Å². The molecule has 0 fully saturated rings. The summed E-state index contributed by atoms with van der Waals surface area (Å²) in [6.07, 6.45) is 2.00. The van der Waals surface area contributed by atoms with Crippen molar-refractivity contribution >= 4 is 29.1 Å². The van der Waals surface area contributed by atoms with Crippen LogP contribution in [0, 0.1) is 0 Å². The summed E-state index contributed by atoms with van der Waals surface area (Å²) in [7, 11) is 0. The number of halogens is 2. The molecule has 27 heavy (non-hydrogen) atoms. The highest BCUT2D eigenvalue weighted by Crippen LogP contribution is 2.28. The van der Waals surface area contributed by atoms with Crippen LogP contribution >= 0.6 is 23.2 Å². The number of nitrogens with one attached hydrogen (secondary N) is 1. The van der Waals surface area contributed by atoms with Gasteiger partial charge in [0.25, 0.3) is 5.56 Å². The van der Waals surface area contributed by atoms with Crippen LogP contribution in [0.1, 0.15) is 19.4 Å². The zero-order valence-corrected chi connectivity index (χ0v) is 16.8. The summed E-state index contributed by atoms with van der Waals surface area (Å²) < 4.78 is 12.3. The SMILES string of the molecule is CCOc1ccc(CCNC(=O)Cn2cc(Cl)cc(Cl)c2=O)cc1OCC. The number of nitrogens with zero attached hydrogens (tertiary/aromatic N) is 1. The first-order chi connectivity index (χ1) is 12.9. The lowest BCUT2D eigenvalue weighted by Gasteiger charge is -2.13. The smallest absolute Gasteiger partial charge is 0.269 e. The van der Waals surface area contributed by atoms with Gasteiger partial charge in [0.15, 0.2) is 11.5 Å². The van der Waals surface area contributed by atoms with Gasteiger partial charge in [-0.3, -0.25) is 9.59 Å². The van der Waals surface area contributed by atoms with Gasteiger partial charge in [-0.1, -0.05) is 29.3 Å². The van der Waals surface area contributed by atoms with E-state index in [1.165, 1.54) is 16.8 Å². The Labute approximate surface area is 168 Å². The third-order valence-electron chi connectivity index (χ3n) is 3.67. The van der Waals surface area contributed by atoms with Gasteiger partial charge in [-0.2, -0.15) is 0 Å². The highest BCUT2D eigenvalue weighted by atomic mass is 35.5. The second kappa shape index (κ2) is 10.2. The van der Waals surface area contributed by atoms with Crippen molar-refractivity contribution in [2.24, 2.45) is 0 Å². The maximum Gasteiger partial charge on any atom is 0.269 e. The normalized spacial score (nSPS) is 10.5. The second-order valence-electron chi connectivity index (χ2n) is 5.69. The predicted octanol–water partition coefficient (Wildman–Crippen LogP) is 3.31. The third kappa shape index (κ3) is 6.19. The molecule has 0 radical (unpaired) electrons. The Morgan fingerprint density at radius 2 is 1.81 bits per heavy atom. The Balaban J connectivity index is 1.93. The Morgan fingerprint density at radius 3 is 2.52 bits per heavy atom. The van der Waals surface area contributed by atoms with Gasteiger partial charge in [0, 0.05) is 12.7 Å². The van der Waals surface area contributed by atoms with E-state index in [1.54, 1.807) is 0 Å². The van der Waals surface area contributed by atoms with Crippen molar-refractivity contribution in [3.05, 3.63) is 56.4 Å². The number of aromatic nitrogens is 1. The molecule has 0 bridgehead atoms. The van der Waals surface area contributed by atoms with Gasteiger partial charge in [0.05, 0.1) is 18.2 Å². The van der Waals surface area contributed by atoms with Gasteiger partial charge < -0.3 is 19.4 Å². The molecule has 1 amide bonds. The quantitative estimate of drug-likeness (QED) is 0.685. The number of pyridine rings is 1. The second-order valence-corrected chi connectivity index (χ2v) is 6.53. The van der Waals surface area contributed by atoms with E-state index in [0.717, 1.165) is 5.56 Å². The highest BCUT2D eigenvalue weighted by molar-refractivity contribution is 6.34. The molecule has 2 rings (SSSR count). The maximum absolute atomic E-state index is 12.1. The van der Waals surface area contributed by atoms with Crippen molar-refractivity contribution in [2.45, 2.75) is 26.8 Å². The van der Waals surface area contributed by atoms with E-state index in [9.17, 15) is 9.59 Å². The van der Waals surface area contributed by atoms with Gasteiger partial charge in [-0.15, -0.1) is 0 Å². The van der Waals surface area contributed by atoms with Gasteiger partial charge in [0.2, 0.25) is 5.91 Å². The van der Waals surface area contributed by atoms with Crippen LogP contribution in [0.25, 0.3) is 0 Å². The number of amides is 1. The Kier molecular flexibility index (Phi) is 8.00. The van der Waals surface area contributed by atoms with Gasteiger partial charge in [-0.25, -0.2) is 0 Å². The third-order valence-corrected chi connectivity index (χ3v) is 4.14. The van der Waals surface area contributed by atoms with Crippen LogP contribution in [-0.4, -0.2) is 30.2 Å². The zero-order chi connectivity index (χ0) is 19.8. The molecule has 0 saturated carbocycles. The van der Waals surface area contributed by atoms with Crippen LogP contribution in [0.4, 0.5) is 0 Å². The lowest BCUT2D eigenvalue weighted by atomic mass is 10.1. The van der Waals surface area contributed by atoms with Crippen LogP contribution in [0.2, 0.25) is 10.0 Å². The van der Waals surface area contributed by atoms with Crippen LogP contribution in [0.15, 0.2) is 35.3 Å². The number of rotatable bonds is 9. The molecule has 146 valence electrons. The van der Waals surface area contributed by atoms with Crippen LogP contribution < -0.4 is 20.3 Å². The lowest BCUT2D eigenvalue weighted by Crippen LogP contribution is -2.33. The van der Waals surface area contributed by atoms with E-state index in [4.69, 9.17) is 32.7 Å². The molecular formula is C19H22Cl2N2O4. The molecule has 0 atom stereocenters. The highest BCUT2D eigenvalue weighted by Gasteiger charge is 2.09. The first-order valence-corrected chi connectivity index (χ1v) is 9.40. The summed E-state index contributed by atoms with van der Waals surface area (Å²) >= 11 is 11.7. The molecule has 6 nitrogen and oxygen atoms in total. The summed E-state index contributed by atoms with van der Waals surface area (Å²) in [6, 6.07) is 7.05. The largest absolute Gasteiger partial charge is 0.490 e. The van der Waals surface area contributed by atoms with E-state index in [2.05, 4.69) is 5.32 Å². The Hall–Kier alpha value is -2.18. The van der Waals surface area contributed by atoms with Gasteiger partial charge in [-0.05, 0) is 44.0 Å². The van der Waals surface area contributed by atoms with Gasteiger partial charge >= 0.3 is 0 Å². The minimum atomic E-state index is -0.455. The van der Waals surface area contributed by atoms with Crippen molar-refractivity contribution in [1.82, 2.24) is 9.88 Å². The number of hydrogen-bond acceptors (Lipinski definition) is 4. The van der Waals surface area contributed by atoms with Crippen molar-refractivity contribution in [3.63, 3.8) is 0 Å². The fraction of sp³-hybridized carbons (Fsp3) is 0.368. The zero-order valence-electron chi connectivity index (χ0n) is 15.3. The monoisotopic (exact) mass is 412 g/mol. The molecule has 2 aromatic rings. The fourth-order valence-electron chi connectivity index (χ4n) is 2.49. The minimum Gasteiger partial charge on any atom is -0.490 e. The molecule has 1 aromatic carbocycles. The van der Waals surface area contributed by atoms with Crippen LogP contribution in [0.3, 0.4) is 0 Å². The number of carbonyl (C=O) groups excluding carboxylic acids is 1. The van der Waals surface area contributed by atoms with Crippen molar-refractivity contribution in [2.75, 3.05) is 19.8 Å². The van der Waals surface area contributed by atoms with Crippen LogP contribution in [-0.2, 0) is 17.8 Å². The molecule has 0 saturated heterocycles. The summed E-state index contributed by atoms with van der Waals surface area (Å²) in [5.74, 6) is 1.08. The van der Waals surface area contributed by atoms with Crippen molar-refractivity contribution in [3.8, 4) is 11.5 Å². The predicted molar refractivity (Wildman–Crippen MR) is 106 cm³/mol. The first kappa shape index (κ1) is 21.1. The summed E-state index contributed by atoms with van der Waals surface area (Å²) in [5.41, 5.74) is 0.550. The Morgan fingerprint density at radius 1 is 1.11 bits per heavy atom. The fourth-order valence-corrected chi connectivity index (χ4v) is 3.00. The molecule has 1 heterocycles. The summed E-state index contributed by atoms with van der Waals surface area (Å²) in [6.45, 7) is 5.19. The number of hydrogen-bond donors (Lipinski definition) is 1. The molecular weight excluding hydrogens is 391 g/mol. The average Bonchev–Trinajstić information content (AvgIpc) is 2.61.